The normalized spacial score (nSPS) is 11.5. The van der Waals surface area contributed by atoms with E-state index in [9.17, 15) is 8.42 Å². The van der Waals surface area contributed by atoms with E-state index in [2.05, 4.69) is 4.72 Å². The summed E-state index contributed by atoms with van der Waals surface area (Å²) in [5.74, 6) is -0.200. The fraction of sp³-hybridized carbons (Fsp3) is 0.500. The van der Waals surface area contributed by atoms with Crippen molar-refractivity contribution in [3.05, 3.63) is 35.4 Å². The van der Waals surface area contributed by atoms with Crippen molar-refractivity contribution in [2.24, 2.45) is 0 Å². The molecule has 1 aromatic carbocycles. The van der Waals surface area contributed by atoms with Gasteiger partial charge in [-0.25, -0.2) is 13.1 Å². The van der Waals surface area contributed by atoms with E-state index in [1.807, 2.05) is 25.1 Å². The van der Waals surface area contributed by atoms with Gasteiger partial charge in [0.25, 0.3) is 0 Å². The molecule has 0 heterocycles. The Hall–Kier alpha value is -1.46. The zero-order valence-corrected chi connectivity index (χ0v) is 13.2. The van der Waals surface area contributed by atoms with Gasteiger partial charge in [-0.3, -0.25) is 0 Å². The Morgan fingerprint density at radius 3 is 2.67 bits per heavy atom. The molecule has 1 rings (SSSR count). The first kappa shape index (κ1) is 17.6. The molecule has 0 fully saturated rings. The largest absolute Gasteiger partial charge is 0.379 e. The van der Waals surface area contributed by atoms with Crippen LogP contribution in [0.5, 0.6) is 0 Å². The smallest absolute Gasteiger partial charge is 0.215 e. The van der Waals surface area contributed by atoms with Crippen molar-refractivity contribution in [2.75, 3.05) is 40.4 Å². The average Bonchev–Trinajstić information content (AvgIpc) is 2.42. The lowest BCUT2D eigenvalue weighted by Gasteiger charge is -2.11. The van der Waals surface area contributed by atoms with Gasteiger partial charge < -0.3 is 9.64 Å². The van der Waals surface area contributed by atoms with Crippen LogP contribution < -0.4 is 4.72 Å². The molecule has 0 saturated carbocycles. The van der Waals surface area contributed by atoms with Crippen molar-refractivity contribution >= 4 is 10.0 Å². The van der Waals surface area contributed by atoms with E-state index in [4.69, 9.17) is 10.00 Å². The second-order valence-corrected chi connectivity index (χ2v) is 6.64. The predicted octanol–water partition coefficient (Wildman–Crippen LogP) is 0.556. The second-order valence-electron chi connectivity index (χ2n) is 4.84. The highest BCUT2D eigenvalue weighted by Gasteiger charge is 2.13. The summed E-state index contributed by atoms with van der Waals surface area (Å²) >= 11 is 0. The van der Waals surface area contributed by atoms with Crippen LogP contribution in [0.1, 0.15) is 11.1 Å². The minimum absolute atomic E-state index is 0.200. The van der Waals surface area contributed by atoms with E-state index in [1.54, 1.807) is 24.3 Å². The van der Waals surface area contributed by atoms with Crippen LogP contribution in [-0.4, -0.2) is 53.7 Å². The van der Waals surface area contributed by atoms with Crippen LogP contribution in [0.25, 0.3) is 0 Å². The average molecular weight is 311 g/mol. The Labute approximate surface area is 126 Å². The third-order valence-electron chi connectivity index (χ3n) is 2.73. The Kier molecular flexibility index (Phi) is 7.32. The van der Waals surface area contributed by atoms with Crippen molar-refractivity contribution in [3.63, 3.8) is 0 Å². The molecule has 0 unspecified atom stereocenters. The number of rotatable bonds is 9. The highest BCUT2D eigenvalue weighted by atomic mass is 32.2. The fourth-order valence-corrected chi connectivity index (χ4v) is 2.79. The van der Waals surface area contributed by atoms with Gasteiger partial charge in [-0.1, -0.05) is 18.2 Å². The first-order valence-corrected chi connectivity index (χ1v) is 8.27. The summed E-state index contributed by atoms with van der Waals surface area (Å²) in [6.45, 7) is 1.91. The van der Waals surface area contributed by atoms with Crippen molar-refractivity contribution in [2.45, 2.75) is 5.75 Å². The predicted molar refractivity (Wildman–Crippen MR) is 81.2 cm³/mol. The van der Waals surface area contributed by atoms with Gasteiger partial charge in [0, 0.05) is 13.1 Å². The second kappa shape index (κ2) is 8.74. The topological polar surface area (TPSA) is 82.4 Å². The summed E-state index contributed by atoms with van der Waals surface area (Å²) < 4.78 is 31.6. The van der Waals surface area contributed by atoms with Gasteiger partial charge in [0.15, 0.2) is 0 Å². The number of sulfonamides is 1. The lowest BCUT2D eigenvalue weighted by molar-refractivity contribution is 0.122. The van der Waals surface area contributed by atoms with E-state index in [0.29, 0.717) is 24.3 Å². The third kappa shape index (κ3) is 7.20. The molecule has 0 amide bonds. The summed E-state index contributed by atoms with van der Waals surface area (Å²) in [5.41, 5.74) is 0.881. The van der Waals surface area contributed by atoms with E-state index in [1.165, 1.54) is 0 Å². The molecule has 0 spiro atoms. The van der Waals surface area contributed by atoms with E-state index in [-0.39, 0.29) is 12.3 Å². The van der Waals surface area contributed by atoms with E-state index < -0.39 is 10.0 Å². The molecule has 6 nitrogen and oxygen atoms in total. The van der Waals surface area contributed by atoms with Crippen LogP contribution in [0.2, 0.25) is 0 Å². The van der Waals surface area contributed by atoms with Crippen molar-refractivity contribution in [3.8, 4) is 6.07 Å². The minimum atomic E-state index is -3.46. The van der Waals surface area contributed by atoms with Crippen molar-refractivity contribution in [1.29, 1.82) is 5.26 Å². The minimum Gasteiger partial charge on any atom is -0.379 e. The standard InChI is InChI=1S/C14H21N3O3S/c1-17(2)8-10-20-9-7-16-21(18,19)12-14-6-4-3-5-13(14)11-15/h3-6,16H,7-10,12H2,1-2H3. The monoisotopic (exact) mass is 311 g/mol. The van der Waals surface area contributed by atoms with Crippen molar-refractivity contribution < 1.29 is 13.2 Å². The zero-order chi connectivity index (χ0) is 15.7. The highest BCUT2D eigenvalue weighted by molar-refractivity contribution is 7.88. The van der Waals surface area contributed by atoms with Gasteiger partial charge in [-0.15, -0.1) is 0 Å². The maximum atomic E-state index is 11.9. The Morgan fingerprint density at radius 1 is 1.29 bits per heavy atom. The molecule has 21 heavy (non-hydrogen) atoms. The molecular formula is C14H21N3O3S. The number of benzene rings is 1. The van der Waals surface area contributed by atoms with Crippen LogP contribution in [0.4, 0.5) is 0 Å². The third-order valence-corrected chi connectivity index (χ3v) is 4.07. The van der Waals surface area contributed by atoms with Gasteiger partial charge in [0.2, 0.25) is 10.0 Å². The maximum Gasteiger partial charge on any atom is 0.215 e. The summed E-state index contributed by atoms with van der Waals surface area (Å²) in [4.78, 5) is 1.99. The lowest BCUT2D eigenvalue weighted by atomic mass is 10.1. The van der Waals surface area contributed by atoms with Gasteiger partial charge in [-0.2, -0.15) is 5.26 Å². The number of hydrogen-bond donors (Lipinski definition) is 1. The summed E-state index contributed by atoms with van der Waals surface area (Å²) in [5, 5.41) is 8.94. The van der Waals surface area contributed by atoms with Crippen molar-refractivity contribution in [1.82, 2.24) is 9.62 Å². The highest BCUT2D eigenvalue weighted by Crippen LogP contribution is 2.10. The Morgan fingerprint density at radius 2 is 2.00 bits per heavy atom. The van der Waals surface area contributed by atoms with Gasteiger partial charge in [0.05, 0.1) is 30.6 Å². The van der Waals surface area contributed by atoms with Crippen LogP contribution in [0, 0.1) is 11.3 Å². The number of nitrogens with one attached hydrogen (secondary N) is 1. The Balaban J connectivity index is 2.39. The number of hydrogen-bond acceptors (Lipinski definition) is 5. The lowest BCUT2D eigenvalue weighted by Crippen LogP contribution is -2.29. The van der Waals surface area contributed by atoms with Crippen LogP contribution >= 0.6 is 0 Å². The van der Waals surface area contributed by atoms with Gasteiger partial charge in [0.1, 0.15) is 0 Å². The summed E-state index contributed by atoms with van der Waals surface area (Å²) in [6.07, 6.45) is 0. The van der Waals surface area contributed by atoms with Gasteiger partial charge >= 0.3 is 0 Å². The molecule has 7 heteroatoms. The Bertz CT molecular complexity index is 579. The molecule has 0 aliphatic carbocycles. The number of likely N-dealkylation sites (N-methyl/N-ethyl adjacent to an activating group) is 1. The molecule has 0 atom stereocenters. The van der Waals surface area contributed by atoms with E-state index >= 15 is 0 Å². The quantitative estimate of drug-likeness (QED) is 0.674. The molecule has 0 aromatic heterocycles. The molecule has 1 aromatic rings. The maximum absolute atomic E-state index is 11.9. The van der Waals surface area contributed by atoms with Crippen LogP contribution in [0.15, 0.2) is 24.3 Å². The molecular weight excluding hydrogens is 290 g/mol. The fourth-order valence-electron chi connectivity index (χ4n) is 1.63. The molecule has 1 N–H and O–H groups in total. The van der Waals surface area contributed by atoms with Gasteiger partial charge in [-0.05, 0) is 25.7 Å². The SMILES string of the molecule is CN(C)CCOCCNS(=O)(=O)Cc1ccccc1C#N. The summed E-state index contributed by atoms with van der Waals surface area (Å²) in [6, 6.07) is 8.67. The zero-order valence-electron chi connectivity index (χ0n) is 12.4. The van der Waals surface area contributed by atoms with Crippen LogP contribution in [-0.2, 0) is 20.5 Å². The molecule has 0 bridgehead atoms. The molecule has 0 aliphatic heterocycles. The van der Waals surface area contributed by atoms with Crippen LogP contribution in [0.3, 0.4) is 0 Å². The first-order chi connectivity index (χ1) is 9.94. The number of nitrogens with zero attached hydrogens (tertiary/aromatic N) is 2. The summed E-state index contributed by atoms with van der Waals surface area (Å²) in [7, 11) is 0.424. The molecule has 0 saturated heterocycles. The number of nitriles is 1. The first-order valence-electron chi connectivity index (χ1n) is 6.62. The van der Waals surface area contributed by atoms with E-state index in [0.717, 1.165) is 6.54 Å². The molecule has 0 radical (unpaired) electrons. The molecule has 0 aliphatic rings. The number of ether oxygens (including phenoxy) is 1. The molecule has 116 valence electrons.